The van der Waals surface area contributed by atoms with E-state index in [0.717, 1.165) is 30.6 Å². The molecule has 0 aliphatic carbocycles. The van der Waals surface area contributed by atoms with Gasteiger partial charge in [0.15, 0.2) is 6.10 Å². The van der Waals surface area contributed by atoms with E-state index in [4.69, 9.17) is 14.3 Å². The van der Waals surface area contributed by atoms with Gasteiger partial charge in [-0.3, -0.25) is 4.84 Å². The normalized spacial score (nSPS) is 20.3. The smallest absolute Gasteiger partial charge is 0.347 e. The van der Waals surface area contributed by atoms with E-state index in [1.54, 1.807) is 0 Å². The predicted molar refractivity (Wildman–Crippen MR) is 116 cm³/mol. The molecule has 1 aromatic rings. The number of carbonyl (C=O) groups excluding carboxylic acids is 1. The van der Waals surface area contributed by atoms with Crippen molar-refractivity contribution in [3.8, 4) is 5.75 Å². The van der Waals surface area contributed by atoms with Crippen LogP contribution in [0.3, 0.4) is 0 Å². The van der Waals surface area contributed by atoms with Gasteiger partial charge in [-0.05, 0) is 66.0 Å². The fraction of sp³-hybridized carbons (Fsp3) is 0.708. The Labute approximate surface area is 176 Å². The van der Waals surface area contributed by atoms with Crippen LogP contribution in [0.25, 0.3) is 0 Å². The molecule has 5 heteroatoms. The summed E-state index contributed by atoms with van der Waals surface area (Å²) in [7, 11) is 0. The standard InChI is InChI=1S/C24H39NO4/c1-9-13-27-25-23(5,6)15-19(16-24(25,7)8)28-22(26)20(10-2)29-21-12-11-17(3)14-18(21)4/h11-12,14,19-20H,9-10,13,15-16H2,1-8H3. The first-order valence-electron chi connectivity index (χ1n) is 10.9. The summed E-state index contributed by atoms with van der Waals surface area (Å²) in [6, 6.07) is 5.98. The first kappa shape index (κ1) is 23.7. The number of hydrogen-bond donors (Lipinski definition) is 0. The van der Waals surface area contributed by atoms with Gasteiger partial charge in [-0.2, -0.15) is 5.06 Å². The highest BCUT2D eigenvalue weighted by atomic mass is 16.7. The third-order valence-electron chi connectivity index (χ3n) is 5.49. The Morgan fingerprint density at radius 2 is 1.76 bits per heavy atom. The van der Waals surface area contributed by atoms with Crippen LogP contribution in [-0.4, -0.2) is 40.9 Å². The molecule has 1 atom stereocenters. The van der Waals surface area contributed by atoms with Gasteiger partial charge >= 0.3 is 5.97 Å². The number of esters is 1. The summed E-state index contributed by atoms with van der Waals surface area (Å²) in [6.07, 6.45) is 2.23. The molecule has 5 nitrogen and oxygen atoms in total. The van der Waals surface area contributed by atoms with E-state index in [-0.39, 0.29) is 23.2 Å². The fourth-order valence-corrected chi connectivity index (χ4v) is 4.41. The van der Waals surface area contributed by atoms with E-state index in [0.29, 0.717) is 13.0 Å². The van der Waals surface area contributed by atoms with Gasteiger partial charge in [0.1, 0.15) is 11.9 Å². The van der Waals surface area contributed by atoms with Crippen LogP contribution >= 0.6 is 0 Å². The van der Waals surface area contributed by atoms with Gasteiger partial charge in [-0.25, -0.2) is 4.79 Å². The molecule has 2 rings (SSSR count). The zero-order valence-corrected chi connectivity index (χ0v) is 19.5. The molecule has 1 fully saturated rings. The Hall–Kier alpha value is -1.59. The number of benzene rings is 1. The summed E-state index contributed by atoms with van der Waals surface area (Å²) in [5.41, 5.74) is 1.75. The first-order chi connectivity index (χ1) is 13.5. The molecule has 1 aromatic carbocycles. The SMILES string of the molecule is CCCON1C(C)(C)CC(OC(=O)C(CC)Oc2ccc(C)cc2C)CC1(C)C. The fourth-order valence-electron chi connectivity index (χ4n) is 4.41. The average molecular weight is 406 g/mol. The minimum atomic E-state index is -0.600. The lowest BCUT2D eigenvalue weighted by Crippen LogP contribution is -2.62. The van der Waals surface area contributed by atoms with Crippen LogP contribution < -0.4 is 4.74 Å². The van der Waals surface area contributed by atoms with Crippen LogP contribution in [0.1, 0.15) is 78.4 Å². The maximum absolute atomic E-state index is 12.9. The lowest BCUT2D eigenvalue weighted by Gasteiger charge is -2.53. The molecule has 0 amide bonds. The average Bonchev–Trinajstić information content (AvgIpc) is 2.59. The van der Waals surface area contributed by atoms with Gasteiger partial charge in [-0.15, -0.1) is 0 Å². The Kier molecular flexibility index (Phi) is 7.74. The lowest BCUT2D eigenvalue weighted by atomic mass is 9.80. The molecule has 1 heterocycles. The van der Waals surface area contributed by atoms with Crippen LogP contribution in [0.5, 0.6) is 5.75 Å². The van der Waals surface area contributed by atoms with Crippen LogP contribution in [0.15, 0.2) is 18.2 Å². The number of hydrogen-bond acceptors (Lipinski definition) is 5. The van der Waals surface area contributed by atoms with Gasteiger partial charge in [0.25, 0.3) is 0 Å². The van der Waals surface area contributed by atoms with Gasteiger partial charge in [0.2, 0.25) is 0 Å². The maximum Gasteiger partial charge on any atom is 0.347 e. The molecular formula is C24H39NO4. The van der Waals surface area contributed by atoms with Crippen molar-refractivity contribution in [1.82, 2.24) is 5.06 Å². The zero-order chi connectivity index (χ0) is 21.8. The van der Waals surface area contributed by atoms with E-state index in [1.807, 2.05) is 32.9 Å². The number of rotatable bonds is 8. The predicted octanol–water partition coefficient (Wildman–Crippen LogP) is 5.37. The van der Waals surface area contributed by atoms with Gasteiger partial charge < -0.3 is 9.47 Å². The van der Waals surface area contributed by atoms with Crippen molar-refractivity contribution >= 4 is 5.97 Å². The molecule has 1 aliphatic rings. The minimum Gasteiger partial charge on any atom is -0.478 e. The molecule has 29 heavy (non-hydrogen) atoms. The zero-order valence-electron chi connectivity index (χ0n) is 19.5. The van der Waals surface area contributed by atoms with Gasteiger partial charge in [0.05, 0.1) is 6.61 Å². The Bertz CT molecular complexity index is 680. The molecule has 1 saturated heterocycles. The third-order valence-corrected chi connectivity index (χ3v) is 5.49. The number of ether oxygens (including phenoxy) is 2. The second-order valence-electron chi connectivity index (χ2n) is 9.50. The Morgan fingerprint density at radius 1 is 1.14 bits per heavy atom. The Morgan fingerprint density at radius 3 is 2.28 bits per heavy atom. The van der Waals surface area contributed by atoms with E-state index in [2.05, 4.69) is 45.7 Å². The Balaban J connectivity index is 2.06. The summed E-state index contributed by atoms with van der Waals surface area (Å²) >= 11 is 0. The summed E-state index contributed by atoms with van der Waals surface area (Å²) in [6.45, 7) is 17.4. The number of aryl methyl sites for hydroxylation is 2. The minimum absolute atomic E-state index is 0.161. The van der Waals surface area contributed by atoms with Gasteiger partial charge in [0, 0.05) is 23.9 Å². The number of carbonyl (C=O) groups is 1. The van der Waals surface area contributed by atoms with Crippen molar-refractivity contribution in [3.63, 3.8) is 0 Å². The highest BCUT2D eigenvalue weighted by Crippen LogP contribution is 2.40. The van der Waals surface area contributed by atoms with Crippen molar-refractivity contribution in [2.75, 3.05) is 6.61 Å². The molecule has 1 unspecified atom stereocenters. The van der Waals surface area contributed by atoms with Crippen LogP contribution in [-0.2, 0) is 14.4 Å². The van der Waals surface area contributed by atoms with Crippen molar-refractivity contribution < 1.29 is 19.1 Å². The molecular weight excluding hydrogens is 366 g/mol. The quantitative estimate of drug-likeness (QED) is 0.544. The lowest BCUT2D eigenvalue weighted by molar-refractivity contribution is -0.293. The summed E-state index contributed by atoms with van der Waals surface area (Å²) in [5, 5.41) is 2.09. The highest BCUT2D eigenvalue weighted by molar-refractivity contribution is 5.75. The van der Waals surface area contributed by atoms with Crippen LogP contribution in [0.2, 0.25) is 0 Å². The number of piperidine rings is 1. The second kappa shape index (κ2) is 9.48. The van der Waals surface area contributed by atoms with E-state index < -0.39 is 6.10 Å². The van der Waals surface area contributed by atoms with E-state index >= 15 is 0 Å². The largest absolute Gasteiger partial charge is 0.478 e. The monoisotopic (exact) mass is 405 g/mol. The number of nitrogens with zero attached hydrogens (tertiary/aromatic N) is 1. The second-order valence-corrected chi connectivity index (χ2v) is 9.50. The molecule has 0 aromatic heterocycles. The third kappa shape index (κ3) is 5.95. The summed E-state index contributed by atoms with van der Waals surface area (Å²) in [4.78, 5) is 19.0. The van der Waals surface area contributed by atoms with E-state index in [9.17, 15) is 4.79 Å². The summed E-state index contributed by atoms with van der Waals surface area (Å²) < 4.78 is 12.0. The molecule has 0 radical (unpaired) electrons. The van der Waals surface area contributed by atoms with Crippen molar-refractivity contribution in [2.24, 2.45) is 0 Å². The van der Waals surface area contributed by atoms with Crippen LogP contribution in [0, 0.1) is 13.8 Å². The molecule has 1 aliphatic heterocycles. The van der Waals surface area contributed by atoms with Crippen molar-refractivity contribution in [3.05, 3.63) is 29.3 Å². The maximum atomic E-state index is 12.9. The molecule has 0 N–H and O–H groups in total. The van der Waals surface area contributed by atoms with Gasteiger partial charge in [-0.1, -0.05) is 31.5 Å². The highest BCUT2D eigenvalue weighted by Gasteiger charge is 2.48. The molecule has 0 saturated carbocycles. The molecule has 0 spiro atoms. The number of hydroxylamine groups is 2. The first-order valence-corrected chi connectivity index (χ1v) is 10.9. The van der Waals surface area contributed by atoms with Crippen LogP contribution in [0.4, 0.5) is 0 Å². The molecule has 164 valence electrons. The van der Waals surface area contributed by atoms with Crippen molar-refractivity contribution in [1.29, 1.82) is 0 Å². The van der Waals surface area contributed by atoms with E-state index in [1.165, 1.54) is 5.56 Å². The summed E-state index contributed by atoms with van der Waals surface area (Å²) in [5.74, 6) is 0.454. The van der Waals surface area contributed by atoms with Crippen molar-refractivity contribution in [2.45, 2.75) is 104 Å². The topological polar surface area (TPSA) is 48.0 Å². The molecule has 0 bridgehead atoms.